The molecule has 2 aromatic heterocycles. The maximum Gasteiger partial charge on any atom is 0.181 e. The maximum absolute atomic E-state index is 5.92. The van der Waals surface area contributed by atoms with Crippen LogP contribution in [0, 0.1) is 6.92 Å². The summed E-state index contributed by atoms with van der Waals surface area (Å²) in [6.07, 6.45) is 4.78. The molecule has 0 saturated carbocycles. The van der Waals surface area contributed by atoms with Crippen molar-refractivity contribution in [2.75, 3.05) is 0 Å². The average Bonchev–Trinajstić information content (AvgIpc) is 2.26. The van der Waals surface area contributed by atoms with E-state index in [0.29, 0.717) is 21.1 Å². The Morgan fingerprint density at radius 3 is 2.67 bits per heavy atom. The van der Waals surface area contributed by atoms with Crippen molar-refractivity contribution in [3.8, 4) is 11.5 Å². The molecule has 0 aliphatic carbocycles. The van der Waals surface area contributed by atoms with Crippen LogP contribution in [0.4, 0.5) is 0 Å². The molecule has 0 atom stereocenters. The summed E-state index contributed by atoms with van der Waals surface area (Å²) in [6, 6.07) is 0. The second-order valence-corrected chi connectivity index (χ2v) is 3.98. The van der Waals surface area contributed by atoms with E-state index in [1.165, 1.54) is 0 Å². The Morgan fingerprint density at radius 1 is 1.27 bits per heavy atom. The summed E-state index contributed by atoms with van der Waals surface area (Å²) in [5.41, 5.74) is 1.38. The molecule has 0 aromatic carbocycles. The number of hydrogen-bond acceptors (Lipinski definition) is 4. The van der Waals surface area contributed by atoms with Gasteiger partial charge in [-0.15, -0.1) is 0 Å². The van der Waals surface area contributed by atoms with Gasteiger partial charge in [-0.1, -0.05) is 11.6 Å². The summed E-state index contributed by atoms with van der Waals surface area (Å²) < 4.78 is 0.705. The smallest absolute Gasteiger partial charge is 0.181 e. The molecule has 0 aliphatic rings. The van der Waals surface area contributed by atoms with E-state index in [1.54, 1.807) is 18.6 Å². The first-order valence-electron chi connectivity index (χ1n) is 4.14. The summed E-state index contributed by atoms with van der Waals surface area (Å²) in [5, 5.41) is 0.378. The van der Waals surface area contributed by atoms with Gasteiger partial charge >= 0.3 is 0 Å². The minimum atomic E-state index is 0.378. The van der Waals surface area contributed by atoms with Crippen LogP contribution in [-0.2, 0) is 0 Å². The van der Waals surface area contributed by atoms with Crippen LogP contribution in [0.1, 0.15) is 5.69 Å². The molecule has 2 aromatic rings. The molecule has 0 unspecified atom stereocenters. The van der Waals surface area contributed by atoms with Gasteiger partial charge in [0.25, 0.3) is 0 Å². The third-order valence-electron chi connectivity index (χ3n) is 1.77. The van der Waals surface area contributed by atoms with Gasteiger partial charge in [-0.05, 0) is 22.9 Å². The van der Waals surface area contributed by atoms with Crippen LogP contribution in [0.15, 0.2) is 23.1 Å². The zero-order chi connectivity index (χ0) is 10.8. The minimum absolute atomic E-state index is 0.378. The van der Waals surface area contributed by atoms with E-state index in [0.717, 1.165) is 5.69 Å². The average molecular weight is 286 g/mol. The lowest BCUT2D eigenvalue weighted by Crippen LogP contribution is -1.96. The Labute approximate surface area is 99.9 Å². The minimum Gasteiger partial charge on any atom is -0.261 e. The molecule has 0 amide bonds. The standard InChI is InChI=1S/C9H6BrClN4/c1-5-7(10)8(11)15-9(14-5)6-4-12-2-3-13-6/h2-4H,1H3. The summed E-state index contributed by atoms with van der Waals surface area (Å²) in [4.78, 5) is 16.4. The van der Waals surface area contributed by atoms with Crippen molar-refractivity contribution >= 4 is 27.5 Å². The second-order valence-electron chi connectivity index (χ2n) is 2.83. The van der Waals surface area contributed by atoms with E-state index >= 15 is 0 Å². The molecule has 0 bridgehead atoms. The SMILES string of the molecule is Cc1nc(-c2cnccn2)nc(Cl)c1Br. The normalized spacial score (nSPS) is 10.3. The van der Waals surface area contributed by atoms with Crippen molar-refractivity contribution in [1.82, 2.24) is 19.9 Å². The van der Waals surface area contributed by atoms with Gasteiger partial charge in [0, 0.05) is 12.4 Å². The number of halogens is 2. The first-order chi connectivity index (χ1) is 7.18. The van der Waals surface area contributed by atoms with E-state index in [9.17, 15) is 0 Å². The second kappa shape index (κ2) is 4.20. The number of aromatic nitrogens is 4. The van der Waals surface area contributed by atoms with Crippen LogP contribution in [0.3, 0.4) is 0 Å². The highest BCUT2D eigenvalue weighted by atomic mass is 79.9. The highest BCUT2D eigenvalue weighted by Gasteiger charge is 2.09. The van der Waals surface area contributed by atoms with Gasteiger partial charge in [0.1, 0.15) is 10.8 Å². The summed E-state index contributed by atoms with van der Waals surface area (Å²) >= 11 is 9.22. The van der Waals surface area contributed by atoms with Gasteiger partial charge < -0.3 is 0 Å². The highest BCUT2D eigenvalue weighted by molar-refractivity contribution is 9.10. The number of nitrogens with zero attached hydrogens (tertiary/aromatic N) is 4. The lowest BCUT2D eigenvalue weighted by atomic mass is 10.4. The summed E-state index contributed by atoms with van der Waals surface area (Å²) in [5.74, 6) is 0.480. The van der Waals surface area contributed by atoms with E-state index < -0.39 is 0 Å². The van der Waals surface area contributed by atoms with Crippen molar-refractivity contribution in [3.63, 3.8) is 0 Å². The van der Waals surface area contributed by atoms with Crippen molar-refractivity contribution in [2.45, 2.75) is 6.92 Å². The van der Waals surface area contributed by atoms with Crippen LogP contribution in [0.2, 0.25) is 5.15 Å². The van der Waals surface area contributed by atoms with E-state index in [2.05, 4.69) is 35.9 Å². The molecule has 6 heteroatoms. The Balaban J connectivity index is 2.56. The van der Waals surface area contributed by atoms with Gasteiger partial charge in [0.05, 0.1) is 16.4 Å². The van der Waals surface area contributed by atoms with Crippen molar-refractivity contribution < 1.29 is 0 Å². The highest BCUT2D eigenvalue weighted by Crippen LogP contribution is 2.25. The molecule has 0 radical (unpaired) electrons. The lowest BCUT2D eigenvalue weighted by molar-refractivity contribution is 1.06. The first kappa shape index (κ1) is 10.4. The third kappa shape index (κ3) is 2.13. The van der Waals surface area contributed by atoms with Crippen molar-refractivity contribution in [1.29, 1.82) is 0 Å². The van der Waals surface area contributed by atoms with Gasteiger partial charge in [0.15, 0.2) is 5.82 Å². The Bertz CT molecular complexity index is 466. The van der Waals surface area contributed by atoms with Crippen LogP contribution in [-0.4, -0.2) is 19.9 Å². The Morgan fingerprint density at radius 2 is 2.07 bits per heavy atom. The van der Waals surface area contributed by atoms with Gasteiger partial charge in [0.2, 0.25) is 0 Å². The Hall–Kier alpha value is -1.07. The molecule has 2 heterocycles. The fourth-order valence-corrected chi connectivity index (χ4v) is 1.45. The van der Waals surface area contributed by atoms with Crippen molar-refractivity contribution in [3.05, 3.63) is 33.9 Å². The van der Waals surface area contributed by atoms with Gasteiger partial charge in [-0.2, -0.15) is 0 Å². The predicted octanol–water partition coefficient (Wildman–Crippen LogP) is 2.66. The molecule has 0 N–H and O–H groups in total. The number of aryl methyl sites for hydroxylation is 1. The number of rotatable bonds is 1. The molecule has 4 nitrogen and oxygen atoms in total. The Kier molecular flexibility index (Phi) is 2.93. The quantitative estimate of drug-likeness (QED) is 0.756. The van der Waals surface area contributed by atoms with Crippen LogP contribution >= 0.6 is 27.5 Å². The maximum atomic E-state index is 5.92. The first-order valence-corrected chi connectivity index (χ1v) is 5.31. The number of hydrogen-bond donors (Lipinski definition) is 0. The fraction of sp³-hybridized carbons (Fsp3) is 0.111. The lowest BCUT2D eigenvalue weighted by Gasteiger charge is -2.03. The third-order valence-corrected chi connectivity index (χ3v) is 3.22. The topological polar surface area (TPSA) is 51.6 Å². The van der Waals surface area contributed by atoms with Crippen molar-refractivity contribution in [2.24, 2.45) is 0 Å². The van der Waals surface area contributed by atoms with E-state index in [1.807, 2.05) is 6.92 Å². The molecule has 0 saturated heterocycles. The van der Waals surface area contributed by atoms with Gasteiger partial charge in [-0.25, -0.2) is 15.0 Å². The fourth-order valence-electron chi connectivity index (χ4n) is 1.05. The van der Waals surface area contributed by atoms with Crippen LogP contribution in [0.25, 0.3) is 11.5 Å². The molecule has 15 heavy (non-hydrogen) atoms. The molecule has 0 spiro atoms. The van der Waals surface area contributed by atoms with E-state index in [-0.39, 0.29) is 0 Å². The predicted molar refractivity (Wildman–Crippen MR) is 60.5 cm³/mol. The molecule has 0 aliphatic heterocycles. The van der Waals surface area contributed by atoms with Crippen LogP contribution in [0.5, 0.6) is 0 Å². The largest absolute Gasteiger partial charge is 0.261 e. The summed E-state index contributed by atoms with van der Waals surface area (Å²) in [6.45, 7) is 1.84. The molecular formula is C9H6BrClN4. The van der Waals surface area contributed by atoms with E-state index in [4.69, 9.17) is 11.6 Å². The molecule has 0 fully saturated rings. The monoisotopic (exact) mass is 284 g/mol. The van der Waals surface area contributed by atoms with Crippen LogP contribution < -0.4 is 0 Å². The van der Waals surface area contributed by atoms with Gasteiger partial charge in [-0.3, -0.25) is 4.98 Å². The molecule has 2 rings (SSSR count). The zero-order valence-electron chi connectivity index (χ0n) is 7.78. The zero-order valence-corrected chi connectivity index (χ0v) is 10.1. The molecule has 76 valence electrons. The summed E-state index contributed by atoms with van der Waals surface area (Å²) in [7, 11) is 0. The molecular weight excluding hydrogens is 279 g/mol.